The summed E-state index contributed by atoms with van der Waals surface area (Å²) in [5, 5.41) is 8.71. The Hall–Kier alpha value is -3.27. The molecule has 0 N–H and O–H groups in total. The third-order valence-electron chi connectivity index (χ3n) is 5.62. The molecule has 0 saturated carbocycles. The quantitative estimate of drug-likeness (QED) is 0.568. The van der Waals surface area contributed by atoms with Crippen molar-refractivity contribution in [3.63, 3.8) is 0 Å². The van der Waals surface area contributed by atoms with Crippen LogP contribution in [0.2, 0.25) is 0 Å². The molecule has 0 aliphatic carbocycles. The van der Waals surface area contributed by atoms with Crippen LogP contribution in [0.3, 0.4) is 0 Å². The van der Waals surface area contributed by atoms with E-state index < -0.39 is 0 Å². The van der Waals surface area contributed by atoms with E-state index in [9.17, 15) is 9.59 Å². The average molecular weight is 409 g/mol. The molecule has 5 rings (SSSR count). The molecule has 0 radical (unpaired) electrons. The summed E-state index contributed by atoms with van der Waals surface area (Å²) in [5.74, 6) is 0.391. The zero-order valence-corrected chi connectivity index (χ0v) is 16.8. The van der Waals surface area contributed by atoms with Gasteiger partial charge in [0, 0.05) is 45.8 Å². The molecule has 10 nitrogen and oxygen atoms in total. The van der Waals surface area contributed by atoms with Gasteiger partial charge in [0.15, 0.2) is 11.4 Å². The number of morpholine rings is 1. The van der Waals surface area contributed by atoms with E-state index in [1.807, 2.05) is 18.3 Å². The number of hydrogen-bond donors (Lipinski definition) is 0. The predicted octanol–water partition coefficient (Wildman–Crippen LogP) is 0.571. The van der Waals surface area contributed by atoms with Crippen LogP contribution >= 0.6 is 0 Å². The maximum absolute atomic E-state index is 13.0. The van der Waals surface area contributed by atoms with Crippen molar-refractivity contribution in [1.82, 2.24) is 29.3 Å². The number of carbonyl (C=O) groups is 2. The Kier molecular flexibility index (Phi) is 4.70. The molecule has 10 heteroatoms. The number of anilines is 1. The Bertz CT molecular complexity index is 1110. The number of fused-ring (bicyclic) bond motifs is 1. The van der Waals surface area contributed by atoms with Crippen LogP contribution in [-0.2, 0) is 18.2 Å². The number of ketones is 1. The number of aromatic nitrogens is 5. The molecule has 2 aliphatic rings. The zero-order chi connectivity index (χ0) is 20.7. The first-order chi connectivity index (χ1) is 14.6. The zero-order valence-electron chi connectivity index (χ0n) is 16.8. The number of hydrogen-bond acceptors (Lipinski definition) is 7. The SMILES string of the molecule is Cn1ncc(C(=O)N2CCC2)c1C(=O)Cc1ccc2nc(N3CCOCC3)nn2c1. The Morgan fingerprint density at radius 2 is 1.93 bits per heavy atom. The Balaban J connectivity index is 1.37. The molecule has 0 aromatic carbocycles. The summed E-state index contributed by atoms with van der Waals surface area (Å²) in [6.45, 7) is 4.32. The Labute approximate surface area is 173 Å². The molecule has 0 spiro atoms. The average Bonchev–Trinajstić information content (AvgIpc) is 3.30. The van der Waals surface area contributed by atoms with Crippen LogP contribution in [0.5, 0.6) is 0 Å². The number of aryl methyl sites for hydroxylation is 1. The molecule has 2 aliphatic heterocycles. The summed E-state index contributed by atoms with van der Waals surface area (Å²) in [6.07, 6.45) is 4.46. The summed E-state index contributed by atoms with van der Waals surface area (Å²) in [4.78, 5) is 34.1. The van der Waals surface area contributed by atoms with Crippen LogP contribution in [0, 0.1) is 0 Å². The third kappa shape index (κ3) is 3.32. The lowest BCUT2D eigenvalue weighted by molar-refractivity contribution is 0.0647. The third-order valence-corrected chi connectivity index (χ3v) is 5.62. The lowest BCUT2D eigenvalue weighted by Gasteiger charge is -2.30. The standard InChI is InChI=1S/C20H23N7O3/c1-24-18(15(12-21-24)19(29)25-5-2-6-25)16(28)11-14-3-4-17-22-20(23-27(17)13-14)26-7-9-30-10-8-26/h3-4,12-13H,2,5-11H2,1H3. The summed E-state index contributed by atoms with van der Waals surface area (Å²) in [7, 11) is 1.69. The second-order valence-electron chi connectivity index (χ2n) is 7.63. The summed E-state index contributed by atoms with van der Waals surface area (Å²) in [6, 6.07) is 3.73. The van der Waals surface area contributed by atoms with Crippen molar-refractivity contribution in [1.29, 1.82) is 0 Å². The molecule has 2 saturated heterocycles. The fraction of sp³-hybridized carbons (Fsp3) is 0.450. The van der Waals surface area contributed by atoms with Gasteiger partial charge >= 0.3 is 0 Å². The van der Waals surface area contributed by atoms with Gasteiger partial charge in [-0.05, 0) is 18.1 Å². The van der Waals surface area contributed by atoms with Gasteiger partial charge in [-0.3, -0.25) is 14.3 Å². The molecule has 3 aromatic rings. The first kappa shape index (κ1) is 18.7. The van der Waals surface area contributed by atoms with E-state index in [4.69, 9.17) is 4.74 Å². The van der Waals surface area contributed by atoms with Crippen molar-refractivity contribution >= 4 is 23.3 Å². The van der Waals surface area contributed by atoms with Crippen molar-refractivity contribution in [2.75, 3.05) is 44.3 Å². The van der Waals surface area contributed by atoms with Crippen molar-refractivity contribution in [2.24, 2.45) is 7.05 Å². The fourth-order valence-electron chi connectivity index (χ4n) is 3.80. The Morgan fingerprint density at radius 3 is 2.67 bits per heavy atom. The molecule has 30 heavy (non-hydrogen) atoms. The van der Waals surface area contributed by atoms with E-state index in [0.717, 1.165) is 43.8 Å². The van der Waals surface area contributed by atoms with E-state index in [0.29, 0.717) is 30.4 Å². The first-order valence-electron chi connectivity index (χ1n) is 10.1. The molecule has 5 heterocycles. The van der Waals surface area contributed by atoms with E-state index in [1.54, 1.807) is 16.5 Å². The van der Waals surface area contributed by atoms with E-state index in [-0.39, 0.29) is 18.1 Å². The summed E-state index contributed by atoms with van der Waals surface area (Å²) in [5.41, 5.74) is 2.24. The van der Waals surface area contributed by atoms with Crippen LogP contribution in [0.4, 0.5) is 5.95 Å². The number of nitrogens with zero attached hydrogens (tertiary/aromatic N) is 7. The molecule has 0 unspecified atom stereocenters. The van der Waals surface area contributed by atoms with Crippen LogP contribution < -0.4 is 4.90 Å². The van der Waals surface area contributed by atoms with E-state index >= 15 is 0 Å². The smallest absolute Gasteiger partial charge is 0.257 e. The highest BCUT2D eigenvalue weighted by atomic mass is 16.5. The van der Waals surface area contributed by atoms with Crippen LogP contribution in [0.15, 0.2) is 24.5 Å². The number of Topliss-reactive ketones (excluding diaryl/α,β-unsaturated/α-hetero) is 1. The first-order valence-corrected chi connectivity index (χ1v) is 10.1. The monoisotopic (exact) mass is 409 g/mol. The van der Waals surface area contributed by atoms with E-state index in [1.165, 1.54) is 10.9 Å². The fourth-order valence-corrected chi connectivity index (χ4v) is 3.80. The second-order valence-corrected chi connectivity index (χ2v) is 7.63. The van der Waals surface area contributed by atoms with Crippen molar-refractivity contribution in [2.45, 2.75) is 12.8 Å². The molecule has 156 valence electrons. The number of pyridine rings is 1. The molecular formula is C20H23N7O3. The normalized spacial score (nSPS) is 16.7. The maximum atomic E-state index is 13.0. The number of rotatable bonds is 5. The lowest BCUT2D eigenvalue weighted by atomic mass is 10.0. The Morgan fingerprint density at radius 1 is 1.13 bits per heavy atom. The summed E-state index contributed by atoms with van der Waals surface area (Å²) >= 11 is 0. The van der Waals surface area contributed by atoms with Gasteiger partial charge in [-0.25, -0.2) is 4.52 Å². The lowest BCUT2D eigenvalue weighted by Crippen LogP contribution is -2.42. The van der Waals surface area contributed by atoms with E-state index in [2.05, 4.69) is 20.1 Å². The van der Waals surface area contributed by atoms with Crippen molar-refractivity contribution in [3.05, 3.63) is 41.3 Å². The highest BCUT2D eigenvalue weighted by Gasteiger charge is 2.28. The van der Waals surface area contributed by atoms with Crippen LogP contribution in [-0.4, -0.2) is 80.4 Å². The van der Waals surface area contributed by atoms with Crippen molar-refractivity contribution < 1.29 is 14.3 Å². The number of amides is 1. The highest BCUT2D eigenvalue weighted by molar-refractivity contribution is 6.07. The van der Waals surface area contributed by atoms with Crippen LogP contribution in [0.1, 0.15) is 32.8 Å². The minimum absolute atomic E-state index is 0.125. The van der Waals surface area contributed by atoms with Gasteiger partial charge in [0.1, 0.15) is 5.69 Å². The van der Waals surface area contributed by atoms with Gasteiger partial charge in [-0.15, -0.1) is 5.10 Å². The number of ether oxygens (including phenoxy) is 1. The van der Waals surface area contributed by atoms with Gasteiger partial charge in [0.05, 0.1) is 25.0 Å². The molecule has 3 aromatic heterocycles. The van der Waals surface area contributed by atoms with Crippen LogP contribution in [0.25, 0.3) is 5.65 Å². The molecule has 0 atom stereocenters. The largest absolute Gasteiger partial charge is 0.378 e. The molecule has 0 bridgehead atoms. The van der Waals surface area contributed by atoms with Crippen molar-refractivity contribution in [3.8, 4) is 0 Å². The molecule has 2 fully saturated rings. The molecule has 1 amide bonds. The summed E-state index contributed by atoms with van der Waals surface area (Å²) < 4.78 is 8.56. The topological polar surface area (TPSA) is 97.9 Å². The number of likely N-dealkylation sites (tertiary alicyclic amines) is 1. The molecular weight excluding hydrogens is 386 g/mol. The minimum atomic E-state index is -0.147. The predicted molar refractivity (Wildman–Crippen MR) is 108 cm³/mol. The number of carbonyl (C=O) groups excluding carboxylic acids is 2. The maximum Gasteiger partial charge on any atom is 0.257 e. The van der Waals surface area contributed by atoms with Gasteiger partial charge in [0.25, 0.3) is 5.91 Å². The van der Waals surface area contributed by atoms with Gasteiger partial charge in [-0.1, -0.05) is 6.07 Å². The highest BCUT2D eigenvalue weighted by Crippen LogP contribution is 2.19. The van der Waals surface area contributed by atoms with Gasteiger partial charge < -0.3 is 14.5 Å². The van der Waals surface area contributed by atoms with Gasteiger partial charge in [-0.2, -0.15) is 10.1 Å². The van der Waals surface area contributed by atoms with Gasteiger partial charge in [0.2, 0.25) is 5.95 Å². The minimum Gasteiger partial charge on any atom is -0.378 e. The second kappa shape index (κ2) is 7.52.